The zero-order valence-electron chi connectivity index (χ0n) is 9.66. The minimum Gasteiger partial charge on any atom is -0.383 e. The van der Waals surface area contributed by atoms with Gasteiger partial charge in [0.05, 0.1) is 0 Å². The van der Waals surface area contributed by atoms with Gasteiger partial charge in [0.2, 0.25) is 0 Å². The van der Waals surface area contributed by atoms with Gasteiger partial charge in [-0.05, 0) is 36.7 Å². The van der Waals surface area contributed by atoms with Crippen LogP contribution in [0, 0.1) is 18.8 Å². The molecule has 0 saturated carbocycles. The predicted molar refractivity (Wildman–Crippen MR) is 66.4 cm³/mol. The lowest BCUT2D eigenvalue weighted by Gasteiger charge is -2.36. The molecule has 2 heterocycles. The van der Waals surface area contributed by atoms with E-state index in [9.17, 15) is 0 Å². The fraction of sp³-hybridized carbons (Fsp3) is 0.727. The topological polar surface area (TPSA) is 42.1 Å². The number of piperidine rings is 1. The van der Waals surface area contributed by atoms with E-state index in [1.165, 1.54) is 23.0 Å². The van der Waals surface area contributed by atoms with Crippen molar-refractivity contribution in [3.8, 4) is 0 Å². The number of nitrogens with zero attached hydrogens (tertiary/aromatic N) is 2. The van der Waals surface area contributed by atoms with Crippen molar-refractivity contribution in [1.82, 2.24) is 4.37 Å². The molecule has 1 fully saturated rings. The molecule has 4 heteroatoms. The molecule has 1 aliphatic heterocycles. The van der Waals surface area contributed by atoms with Crippen molar-refractivity contribution < 1.29 is 0 Å². The standard InChI is InChI=1S/C11H19N3S/c1-7-4-5-14(6-8(7)2)11-9(3)10(12)13-15-11/h7-8H,4-6H2,1-3H3,(H2,12,13). The molecular weight excluding hydrogens is 206 g/mol. The third kappa shape index (κ3) is 1.95. The van der Waals surface area contributed by atoms with Gasteiger partial charge in [-0.3, -0.25) is 0 Å². The Hall–Kier alpha value is -0.770. The minimum atomic E-state index is 0.696. The van der Waals surface area contributed by atoms with Crippen LogP contribution in [0.4, 0.5) is 10.8 Å². The predicted octanol–water partition coefficient (Wildman–Crippen LogP) is 2.52. The van der Waals surface area contributed by atoms with Gasteiger partial charge in [-0.1, -0.05) is 13.8 Å². The minimum absolute atomic E-state index is 0.696. The van der Waals surface area contributed by atoms with Crippen molar-refractivity contribution in [3.63, 3.8) is 0 Å². The van der Waals surface area contributed by atoms with Crippen LogP contribution in [-0.2, 0) is 0 Å². The van der Waals surface area contributed by atoms with E-state index in [1.807, 2.05) is 0 Å². The maximum atomic E-state index is 5.78. The van der Waals surface area contributed by atoms with Gasteiger partial charge >= 0.3 is 0 Å². The summed E-state index contributed by atoms with van der Waals surface area (Å²) in [5, 5.41) is 1.27. The Bertz CT molecular complexity index is 348. The molecule has 2 rings (SSSR count). The molecule has 3 nitrogen and oxygen atoms in total. The van der Waals surface area contributed by atoms with Gasteiger partial charge in [-0.25, -0.2) is 0 Å². The smallest absolute Gasteiger partial charge is 0.142 e. The van der Waals surface area contributed by atoms with Gasteiger partial charge < -0.3 is 10.6 Å². The Morgan fingerprint density at radius 1 is 1.40 bits per heavy atom. The van der Waals surface area contributed by atoms with Crippen LogP contribution in [-0.4, -0.2) is 17.5 Å². The van der Waals surface area contributed by atoms with Gasteiger partial charge in [-0.2, -0.15) is 4.37 Å². The van der Waals surface area contributed by atoms with E-state index in [0.717, 1.165) is 30.5 Å². The first-order valence-corrected chi connectivity index (χ1v) is 6.33. The van der Waals surface area contributed by atoms with E-state index in [1.54, 1.807) is 0 Å². The van der Waals surface area contributed by atoms with Crippen LogP contribution < -0.4 is 10.6 Å². The van der Waals surface area contributed by atoms with Crippen molar-refractivity contribution >= 4 is 22.4 Å². The number of hydrogen-bond acceptors (Lipinski definition) is 4. The van der Waals surface area contributed by atoms with E-state index in [-0.39, 0.29) is 0 Å². The maximum absolute atomic E-state index is 5.78. The summed E-state index contributed by atoms with van der Waals surface area (Å²) < 4.78 is 4.21. The van der Waals surface area contributed by atoms with Crippen LogP contribution in [0.2, 0.25) is 0 Å². The van der Waals surface area contributed by atoms with E-state index < -0.39 is 0 Å². The van der Waals surface area contributed by atoms with Crippen LogP contribution in [0.5, 0.6) is 0 Å². The van der Waals surface area contributed by atoms with Gasteiger partial charge in [-0.15, -0.1) is 0 Å². The monoisotopic (exact) mass is 225 g/mol. The molecule has 1 aromatic heterocycles. The van der Waals surface area contributed by atoms with E-state index in [0.29, 0.717) is 5.82 Å². The Balaban J connectivity index is 2.15. The molecule has 2 atom stereocenters. The van der Waals surface area contributed by atoms with Crippen LogP contribution in [0.1, 0.15) is 25.8 Å². The Labute approximate surface area is 95.4 Å². The van der Waals surface area contributed by atoms with E-state index in [2.05, 4.69) is 30.0 Å². The van der Waals surface area contributed by atoms with Crippen LogP contribution in [0.15, 0.2) is 0 Å². The second-order valence-corrected chi connectivity index (χ2v) is 5.44. The molecule has 0 aromatic carbocycles. The molecule has 1 aliphatic rings. The molecule has 0 spiro atoms. The lowest BCUT2D eigenvalue weighted by atomic mass is 9.89. The summed E-state index contributed by atoms with van der Waals surface area (Å²) in [6.45, 7) is 9.03. The number of aromatic nitrogens is 1. The van der Waals surface area contributed by atoms with Crippen molar-refractivity contribution in [1.29, 1.82) is 0 Å². The Morgan fingerprint density at radius 3 is 2.67 bits per heavy atom. The summed E-state index contributed by atoms with van der Waals surface area (Å²) in [4.78, 5) is 2.44. The second-order valence-electron chi connectivity index (χ2n) is 4.69. The van der Waals surface area contributed by atoms with Crippen molar-refractivity contribution in [2.75, 3.05) is 23.7 Å². The molecule has 2 N–H and O–H groups in total. The molecule has 0 bridgehead atoms. The first-order valence-electron chi connectivity index (χ1n) is 5.56. The number of nitrogen functional groups attached to an aromatic ring is 1. The SMILES string of the molecule is Cc1c(N)nsc1N1CCC(C)C(C)C1. The van der Waals surface area contributed by atoms with Gasteiger partial charge in [0.1, 0.15) is 10.8 Å². The fourth-order valence-electron chi connectivity index (χ4n) is 2.08. The maximum Gasteiger partial charge on any atom is 0.142 e. The quantitative estimate of drug-likeness (QED) is 0.798. The van der Waals surface area contributed by atoms with E-state index >= 15 is 0 Å². The average Bonchev–Trinajstić information content (AvgIpc) is 2.53. The van der Waals surface area contributed by atoms with Gasteiger partial charge in [0.15, 0.2) is 0 Å². The lowest BCUT2D eigenvalue weighted by molar-refractivity contribution is 0.324. The summed E-state index contributed by atoms with van der Waals surface area (Å²) in [6, 6.07) is 0. The second kappa shape index (κ2) is 4.00. The highest BCUT2D eigenvalue weighted by molar-refractivity contribution is 7.10. The molecule has 1 aromatic rings. The zero-order chi connectivity index (χ0) is 11.0. The number of nitrogens with two attached hydrogens (primary N) is 1. The molecule has 1 saturated heterocycles. The normalized spacial score (nSPS) is 27.0. The Kier molecular flexibility index (Phi) is 2.87. The molecule has 2 unspecified atom stereocenters. The summed E-state index contributed by atoms with van der Waals surface area (Å²) in [7, 11) is 0. The highest BCUT2D eigenvalue weighted by Crippen LogP contribution is 2.34. The summed E-state index contributed by atoms with van der Waals surface area (Å²) in [5.41, 5.74) is 6.94. The largest absolute Gasteiger partial charge is 0.383 e. The number of anilines is 2. The van der Waals surface area contributed by atoms with Crippen LogP contribution in [0.25, 0.3) is 0 Å². The van der Waals surface area contributed by atoms with Crippen molar-refractivity contribution in [2.24, 2.45) is 11.8 Å². The highest BCUT2D eigenvalue weighted by atomic mass is 32.1. The van der Waals surface area contributed by atoms with Crippen molar-refractivity contribution in [3.05, 3.63) is 5.56 Å². The molecule has 84 valence electrons. The van der Waals surface area contributed by atoms with Crippen LogP contribution >= 0.6 is 11.5 Å². The Morgan fingerprint density at radius 2 is 2.13 bits per heavy atom. The first kappa shape index (κ1) is 10.7. The third-order valence-electron chi connectivity index (χ3n) is 3.56. The molecule has 15 heavy (non-hydrogen) atoms. The summed E-state index contributed by atoms with van der Waals surface area (Å²) in [6.07, 6.45) is 1.28. The van der Waals surface area contributed by atoms with Gasteiger partial charge in [0.25, 0.3) is 0 Å². The van der Waals surface area contributed by atoms with E-state index in [4.69, 9.17) is 5.73 Å². The molecule has 0 radical (unpaired) electrons. The molecule has 0 amide bonds. The zero-order valence-corrected chi connectivity index (χ0v) is 10.5. The lowest BCUT2D eigenvalue weighted by Crippen LogP contribution is -2.38. The fourth-order valence-corrected chi connectivity index (χ4v) is 2.93. The molecule has 0 aliphatic carbocycles. The van der Waals surface area contributed by atoms with Crippen LogP contribution in [0.3, 0.4) is 0 Å². The summed E-state index contributed by atoms with van der Waals surface area (Å²) in [5.74, 6) is 2.30. The average molecular weight is 225 g/mol. The number of rotatable bonds is 1. The summed E-state index contributed by atoms with van der Waals surface area (Å²) >= 11 is 1.54. The third-order valence-corrected chi connectivity index (χ3v) is 4.58. The number of hydrogen-bond donors (Lipinski definition) is 1. The van der Waals surface area contributed by atoms with Crippen molar-refractivity contribution in [2.45, 2.75) is 27.2 Å². The highest BCUT2D eigenvalue weighted by Gasteiger charge is 2.25. The van der Waals surface area contributed by atoms with Gasteiger partial charge in [0, 0.05) is 18.7 Å². The first-order chi connectivity index (χ1) is 7.09. The molecular formula is C11H19N3S.